The molecule has 260 valence electrons. The van der Waals surface area contributed by atoms with Crippen LogP contribution >= 0.6 is 11.6 Å². The van der Waals surface area contributed by atoms with Crippen LogP contribution in [0.3, 0.4) is 0 Å². The maximum atomic E-state index is 15.2. The van der Waals surface area contributed by atoms with Crippen molar-refractivity contribution >= 4 is 17.5 Å². The van der Waals surface area contributed by atoms with E-state index in [4.69, 9.17) is 21.4 Å². The molecule has 0 aromatic rings. The third kappa shape index (κ3) is 9.26. The minimum atomic E-state index is -1.66. The smallest absolute Gasteiger partial charge is 0.223 e. The van der Waals surface area contributed by atoms with Crippen LogP contribution in [0.2, 0.25) is 0 Å². The molecule has 5 fully saturated rings. The lowest BCUT2D eigenvalue weighted by Gasteiger charge is -2.57. The van der Waals surface area contributed by atoms with Crippen molar-refractivity contribution in [2.75, 3.05) is 59.0 Å². The summed E-state index contributed by atoms with van der Waals surface area (Å²) in [5, 5.41) is 55.9. The number of nitrogens with zero attached hydrogens (tertiary/aromatic N) is 3. The molecule has 5 rings (SSSR count). The number of carbonyl (C=O) groups is 1. The second-order valence-electron chi connectivity index (χ2n) is 14.1. The summed E-state index contributed by atoms with van der Waals surface area (Å²) in [6.45, 7) is 4.87. The molecular weight excluding hydrogens is 609 g/mol. The number of hydrogen-bond donors (Lipinski definition) is 7. The molecule has 1 aliphatic carbocycles. The maximum absolute atomic E-state index is 15.2. The topological polar surface area (TPSA) is 161 Å². The quantitative estimate of drug-likeness (QED) is 0.0921. The number of piperidine rings is 2. The van der Waals surface area contributed by atoms with Gasteiger partial charge in [0, 0.05) is 77.3 Å². The number of carbonyl (C=O) groups excluding carboxylic acids is 1. The van der Waals surface area contributed by atoms with Crippen molar-refractivity contribution in [3.8, 4) is 0 Å². The van der Waals surface area contributed by atoms with Gasteiger partial charge < -0.3 is 35.2 Å². The molecule has 7 N–H and O–H groups in total. The first-order chi connectivity index (χ1) is 21.6. The molecule has 14 heteroatoms. The molecule has 1 saturated carbocycles. The van der Waals surface area contributed by atoms with E-state index >= 15 is 4.39 Å². The molecule has 0 radical (unpaired) electrons. The fraction of sp³-hybridized carbons (Fsp3) is 0.968. The Hall–Kier alpha value is -0.710. The maximum Gasteiger partial charge on any atom is 0.223 e. The van der Waals surface area contributed by atoms with E-state index in [0.717, 1.165) is 51.9 Å². The number of alkyl halides is 2. The second-order valence-corrected chi connectivity index (χ2v) is 14.7. The van der Waals surface area contributed by atoms with Crippen molar-refractivity contribution in [2.24, 2.45) is 11.8 Å². The number of ether oxygens (including phenoxy) is 1. The number of fused-ring (bicyclic) bond motifs is 2. The predicted molar refractivity (Wildman–Crippen MR) is 166 cm³/mol. The first-order valence-electron chi connectivity index (χ1n) is 17.1. The van der Waals surface area contributed by atoms with Crippen LogP contribution in [0.5, 0.6) is 0 Å². The lowest BCUT2D eigenvalue weighted by Crippen LogP contribution is -2.71. The van der Waals surface area contributed by atoms with E-state index in [1.54, 1.807) is 0 Å². The van der Waals surface area contributed by atoms with Crippen molar-refractivity contribution < 1.29 is 39.5 Å². The molecule has 1 amide bonds. The van der Waals surface area contributed by atoms with Crippen molar-refractivity contribution in [1.29, 1.82) is 0 Å². The van der Waals surface area contributed by atoms with Crippen LogP contribution in [0.1, 0.15) is 57.8 Å². The number of aliphatic hydroxyl groups excluding tert-OH is 5. The number of rotatable bonds is 14. The van der Waals surface area contributed by atoms with E-state index in [1.807, 2.05) is 9.80 Å². The number of β-amino-alcohol motifs (C(OH)–C–C–N with tert-alkyl or cyclic N) is 1. The van der Waals surface area contributed by atoms with Crippen molar-refractivity contribution in [3.05, 3.63) is 0 Å². The van der Waals surface area contributed by atoms with Gasteiger partial charge in [0.25, 0.3) is 0 Å². The number of aliphatic hydroxyl groups is 5. The number of likely N-dealkylation sites (tertiary alicyclic amines) is 3. The van der Waals surface area contributed by atoms with Crippen LogP contribution in [0, 0.1) is 11.8 Å². The predicted octanol–water partition coefficient (Wildman–Crippen LogP) is -0.803. The van der Waals surface area contributed by atoms with E-state index in [9.17, 15) is 25.2 Å². The van der Waals surface area contributed by atoms with Gasteiger partial charge in [0.05, 0.1) is 24.2 Å². The van der Waals surface area contributed by atoms with Gasteiger partial charge in [0.15, 0.2) is 0 Å². The molecule has 5 aliphatic rings. The largest absolute Gasteiger partial charge is 0.394 e. The first-order valence-corrected chi connectivity index (χ1v) is 17.5. The summed E-state index contributed by atoms with van der Waals surface area (Å²) in [7, 11) is 0. The minimum absolute atomic E-state index is 0.0160. The number of halogens is 2. The van der Waals surface area contributed by atoms with Gasteiger partial charge in [0.1, 0.15) is 30.8 Å². The summed E-state index contributed by atoms with van der Waals surface area (Å²) >= 11 is 6.16. The Morgan fingerprint density at radius 3 is 2.27 bits per heavy atom. The highest BCUT2D eigenvalue weighted by molar-refractivity contribution is 6.21. The van der Waals surface area contributed by atoms with Gasteiger partial charge in [-0.05, 0) is 56.8 Å². The van der Waals surface area contributed by atoms with Gasteiger partial charge in [-0.2, -0.15) is 0 Å². The second kappa shape index (κ2) is 16.6. The van der Waals surface area contributed by atoms with Crippen LogP contribution in [-0.4, -0.2) is 166 Å². The number of amides is 1. The highest BCUT2D eigenvalue weighted by Gasteiger charge is 2.48. The van der Waals surface area contributed by atoms with E-state index in [0.29, 0.717) is 38.5 Å². The third-order valence-electron chi connectivity index (χ3n) is 10.8. The fourth-order valence-corrected chi connectivity index (χ4v) is 8.22. The van der Waals surface area contributed by atoms with Crippen molar-refractivity contribution in [2.45, 2.75) is 118 Å². The zero-order valence-electron chi connectivity index (χ0n) is 26.3. The summed E-state index contributed by atoms with van der Waals surface area (Å²) in [4.78, 5) is 19.4. The van der Waals surface area contributed by atoms with Crippen LogP contribution < -0.4 is 10.6 Å². The van der Waals surface area contributed by atoms with Gasteiger partial charge in [-0.3, -0.25) is 25.2 Å². The highest BCUT2D eigenvalue weighted by atomic mass is 35.5. The van der Waals surface area contributed by atoms with Gasteiger partial charge in [-0.1, -0.05) is 0 Å². The summed E-state index contributed by atoms with van der Waals surface area (Å²) in [6, 6.07) is -0.0319. The summed E-state index contributed by atoms with van der Waals surface area (Å²) in [5.74, 6) is 0.391. The molecule has 5 unspecified atom stereocenters. The highest BCUT2D eigenvalue weighted by Crippen LogP contribution is 2.37. The van der Waals surface area contributed by atoms with E-state index in [2.05, 4.69) is 15.5 Å². The third-order valence-corrected chi connectivity index (χ3v) is 11.1. The Bertz CT molecular complexity index is 919. The monoisotopic (exact) mass is 663 g/mol. The minimum Gasteiger partial charge on any atom is -0.394 e. The molecule has 45 heavy (non-hydrogen) atoms. The van der Waals surface area contributed by atoms with Crippen LogP contribution in [-0.2, 0) is 9.53 Å². The lowest BCUT2D eigenvalue weighted by atomic mass is 9.81. The Balaban J connectivity index is 0.936. The lowest BCUT2D eigenvalue weighted by molar-refractivity contribution is -0.160. The van der Waals surface area contributed by atoms with E-state index in [1.165, 1.54) is 12.8 Å². The number of hydrogen-bond acceptors (Lipinski definition) is 11. The zero-order valence-corrected chi connectivity index (χ0v) is 27.1. The van der Waals surface area contributed by atoms with E-state index < -0.39 is 37.2 Å². The molecule has 12 nitrogen and oxygen atoms in total. The fourth-order valence-electron chi connectivity index (χ4n) is 8.05. The van der Waals surface area contributed by atoms with Gasteiger partial charge in [-0.25, -0.2) is 4.39 Å². The average molecular weight is 664 g/mol. The zero-order chi connectivity index (χ0) is 32.1. The Morgan fingerprint density at radius 1 is 0.956 bits per heavy atom. The number of nitrogens with one attached hydrogen (secondary N) is 2. The Kier molecular flexibility index (Phi) is 13.1. The molecule has 0 aromatic carbocycles. The SMILES string of the molecule is O=C(CC1CCC(OCCCC2CCN(C3NCC(Cl)CN3)CC2)CC1F)N1C2CC1CN(C[C@H](O)[C@@H](O)[C@H](O)[C@H](O)CO)C2. The summed E-state index contributed by atoms with van der Waals surface area (Å²) in [5.41, 5.74) is 0. The normalized spacial score (nSPS) is 36.2. The first kappa shape index (κ1) is 35.6. The van der Waals surface area contributed by atoms with Crippen LogP contribution in [0.15, 0.2) is 0 Å². The molecule has 4 heterocycles. The molecular formula is C31H55ClFN5O7. The van der Waals surface area contributed by atoms with Gasteiger partial charge in [0.2, 0.25) is 5.91 Å². The molecule has 0 aromatic heterocycles. The van der Waals surface area contributed by atoms with Gasteiger partial charge in [-0.15, -0.1) is 11.6 Å². The summed E-state index contributed by atoms with van der Waals surface area (Å²) in [6.07, 6.45) is 0.276. The molecule has 4 aliphatic heterocycles. The average Bonchev–Trinajstić information content (AvgIpc) is 3.03. The van der Waals surface area contributed by atoms with Crippen LogP contribution in [0.4, 0.5) is 4.39 Å². The van der Waals surface area contributed by atoms with Crippen molar-refractivity contribution in [3.63, 3.8) is 0 Å². The Morgan fingerprint density at radius 2 is 1.62 bits per heavy atom. The molecule has 9 atom stereocenters. The van der Waals surface area contributed by atoms with Crippen LogP contribution in [0.25, 0.3) is 0 Å². The molecule has 4 saturated heterocycles. The summed E-state index contributed by atoms with van der Waals surface area (Å²) < 4.78 is 21.3. The Labute approximate surface area is 271 Å². The molecule has 2 bridgehead atoms. The van der Waals surface area contributed by atoms with Gasteiger partial charge >= 0.3 is 0 Å². The van der Waals surface area contributed by atoms with E-state index in [-0.39, 0.29) is 54.6 Å². The molecule has 0 spiro atoms. The standard InChI is InChI=1S/C31H55ClFN5O7/c32-21-13-34-31(35-14-21)37-7-5-19(6-8-37)2-1-9-45-24-4-3-20(25(33)12-24)10-28(42)38-22-11-23(38)16-36(15-22)17-26(40)29(43)30(44)27(41)18-39/h19-27,29-31,34-35,39-41,43-44H,1-18H2/t20?,21?,22?,23?,24?,25?,26-,27+,29+,30+,31?/m0/s1. The van der Waals surface area contributed by atoms with Crippen molar-refractivity contribution in [1.82, 2.24) is 25.3 Å². The number of piperazine rings is 1.